The molecule has 0 aromatic heterocycles. The molecule has 1 heterocycles. The van der Waals surface area contributed by atoms with Crippen molar-refractivity contribution in [2.24, 2.45) is 11.8 Å². The molecule has 1 aliphatic heterocycles. The molecule has 1 saturated heterocycles. The number of rotatable bonds is 1. The van der Waals surface area contributed by atoms with Gasteiger partial charge in [0.1, 0.15) is 0 Å². The van der Waals surface area contributed by atoms with E-state index in [9.17, 15) is 0 Å². The number of likely N-dealkylation sites (tertiary alicyclic amines) is 1. The molecule has 0 N–H and O–H groups in total. The zero-order valence-electron chi connectivity index (χ0n) is 10.3. The lowest BCUT2D eigenvalue weighted by molar-refractivity contribution is 0.0859. The molecule has 0 aromatic rings. The average Bonchev–Trinajstić information content (AvgIpc) is 2.16. The number of hydrogen-bond donors (Lipinski definition) is 0. The molecule has 0 aliphatic carbocycles. The second kappa shape index (κ2) is 6.42. The first-order valence-corrected chi connectivity index (χ1v) is 5.87. The van der Waals surface area contributed by atoms with E-state index in [1.54, 1.807) is 0 Å². The lowest BCUT2D eigenvalue weighted by Crippen LogP contribution is -2.44. The summed E-state index contributed by atoms with van der Waals surface area (Å²) in [4.78, 5) is 2.49. The molecule has 1 aliphatic rings. The maximum Gasteiger partial charge on any atom is 0.00945 e. The van der Waals surface area contributed by atoms with Gasteiger partial charge in [0.25, 0.3) is 0 Å². The summed E-state index contributed by atoms with van der Waals surface area (Å²) in [5, 5.41) is 0. The Morgan fingerprint density at radius 1 is 1.23 bits per heavy atom. The third-order valence-electron chi connectivity index (χ3n) is 3.45. The predicted octanol–water partition coefficient (Wildman–Crippen LogP) is 3.40. The van der Waals surface area contributed by atoms with Gasteiger partial charge in [-0.3, -0.25) is 0 Å². The summed E-state index contributed by atoms with van der Waals surface area (Å²) in [5.74, 6) is 1.86. The van der Waals surface area contributed by atoms with Gasteiger partial charge < -0.3 is 4.90 Å². The topological polar surface area (TPSA) is 3.24 Å². The van der Waals surface area contributed by atoms with Gasteiger partial charge in [-0.15, -0.1) is 0 Å². The second-order valence-electron chi connectivity index (χ2n) is 4.06. The van der Waals surface area contributed by atoms with E-state index in [4.69, 9.17) is 0 Å². The minimum atomic E-state index is 0.795. The fourth-order valence-electron chi connectivity index (χ4n) is 2.37. The lowest BCUT2D eigenvalue weighted by atomic mass is 9.80. The monoisotopic (exact) mass is 185 g/mol. The van der Waals surface area contributed by atoms with Crippen LogP contribution < -0.4 is 0 Å². The van der Waals surface area contributed by atoms with Crippen LogP contribution in [0.25, 0.3) is 0 Å². The van der Waals surface area contributed by atoms with Gasteiger partial charge in [0.15, 0.2) is 0 Å². The van der Waals surface area contributed by atoms with Gasteiger partial charge in [0.05, 0.1) is 0 Å². The molecule has 0 amide bonds. The Morgan fingerprint density at radius 3 is 2.15 bits per heavy atom. The van der Waals surface area contributed by atoms with Crippen molar-refractivity contribution < 1.29 is 0 Å². The molecule has 3 unspecified atom stereocenters. The van der Waals surface area contributed by atoms with Crippen molar-refractivity contribution in [2.45, 2.75) is 53.5 Å². The molecule has 1 fully saturated rings. The maximum absolute atomic E-state index is 2.49. The summed E-state index contributed by atoms with van der Waals surface area (Å²) in [6.07, 6.45) is 2.73. The van der Waals surface area contributed by atoms with Crippen LogP contribution in [-0.4, -0.2) is 24.5 Å². The molecule has 3 atom stereocenters. The largest absolute Gasteiger partial charge is 0.303 e. The highest BCUT2D eigenvalue weighted by molar-refractivity contribution is 4.82. The van der Waals surface area contributed by atoms with Gasteiger partial charge in [0.2, 0.25) is 0 Å². The van der Waals surface area contributed by atoms with Gasteiger partial charge >= 0.3 is 0 Å². The van der Waals surface area contributed by atoms with E-state index in [1.807, 2.05) is 13.8 Å². The quantitative estimate of drug-likeness (QED) is 0.605. The third-order valence-corrected chi connectivity index (χ3v) is 3.45. The first kappa shape index (κ1) is 13.0. The fraction of sp³-hybridized carbons (Fsp3) is 1.00. The Labute approximate surface area is 84.5 Å². The minimum absolute atomic E-state index is 0.795. The molecule has 1 nitrogen and oxygen atoms in total. The van der Waals surface area contributed by atoms with Crippen molar-refractivity contribution >= 4 is 0 Å². The Balaban J connectivity index is 0.000000671. The van der Waals surface area contributed by atoms with Crippen LogP contribution in [0.4, 0.5) is 0 Å². The molecule has 1 heteroatoms. The SMILES string of the molecule is CC.CCC1C(C)CCN(C)C1C. The Hall–Kier alpha value is -0.0400. The van der Waals surface area contributed by atoms with E-state index in [1.165, 1.54) is 19.4 Å². The van der Waals surface area contributed by atoms with Gasteiger partial charge in [-0.2, -0.15) is 0 Å². The summed E-state index contributed by atoms with van der Waals surface area (Å²) in [6.45, 7) is 12.4. The van der Waals surface area contributed by atoms with Gasteiger partial charge in [-0.25, -0.2) is 0 Å². The number of nitrogens with zero attached hydrogens (tertiary/aromatic N) is 1. The Kier molecular flexibility index (Phi) is 6.40. The van der Waals surface area contributed by atoms with Crippen LogP contribution in [0, 0.1) is 11.8 Å². The van der Waals surface area contributed by atoms with Crippen LogP contribution in [0.1, 0.15) is 47.5 Å². The van der Waals surface area contributed by atoms with E-state index in [0.717, 1.165) is 17.9 Å². The van der Waals surface area contributed by atoms with Crippen LogP contribution in [0.3, 0.4) is 0 Å². The molecular formula is C12H27N. The van der Waals surface area contributed by atoms with Crippen LogP contribution in [0.15, 0.2) is 0 Å². The van der Waals surface area contributed by atoms with Crippen molar-refractivity contribution in [3.05, 3.63) is 0 Å². The van der Waals surface area contributed by atoms with Crippen molar-refractivity contribution in [2.75, 3.05) is 13.6 Å². The normalized spacial score (nSPS) is 35.1. The predicted molar refractivity (Wildman–Crippen MR) is 61.0 cm³/mol. The van der Waals surface area contributed by atoms with Crippen molar-refractivity contribution in [3.8, 4) is 0 Å². The Bertz CT molecular complexity index is 122. The van der Waals surface area contributed by atoms with Gasteiger partial charge in [0, 0.05) is 6.04 Å². The molecule has 0 bridgehead atoms. The fourth-order valence-corrected chi connectivity index (χ4v) is 2.37. The highest BCUT2D eigenvalue weighted by atomic mass is 15.1. The smallest absolute Gasteiger partial charge is 0.00945 e. The highest BCUT2D eigenvalue weighted by Gasteiger charge is 2.29. The summed E-state index contributed by atoms with van der Waals surface area (Å²) in [5.41, 5.74) is 0. The molecule has 80 valence electrons. The van der Waals surface area contributed by atoms with Crippen molar-refractivity contribution in [3.63, 3.8) is 0 Å². The van der Waals surface area contributed by atoms with Gasteiger partial charge in [-0.05, 0) is 38.8 Å². The lowest BCUT2D eigenvalue weighted by Gasteiger charge is -2.40. The summed E-state index contributed by atoms with van der Waals surface area (Å²) in [6, 6.07) is 0.795. The van der Waals surface area contributed by atoms with E-state index >= 15 is 0 Å². The summed E-state index contributed by atoms with van der Waals surface area (Å²) >= 11 is 0. The number of piperidine rings is 1. The molecule has 0 saturated carbocycles. The molecular weight excluding hydrogens is 158 g/mol. The van der Waals surface area contributed by atoms with E-state index in [2.05, 4.69) is 32.7 Å². The van der Waals surface area contributed by atoms with Crippen LogP contribution in [-0.2, 0) is 0 Å². The first-order chi connectivity index (χ1) is 6.16. The molecule has 0 spiro atoms. The van der Waals surface area contributed by atoms with Gasteiger partial charge in [-0.1, -0.05) is 34.1 Å². The average molecular weight is 185 g/mol. The van der Waals surface area contributed by atoms with Crippen LogP contribution in [0.5, 0.6) is 0 Å². The van der Waals surface area contributed by atoms with E-state index in [-0.39, 0.29) is 0 Å². The molecule has 13 heavy (non-hydrogen) atoms. The first-order valence-electron chi connectivity index (χ1n) is 5.87. The standard InChI is InChI=1S/C10H21N.C2H6/c1-5-10-8(2)6-7-11(4)9(10)3;1-2/h8-10H,5-7H2,1-4H3;1-2H3. The van der Waals surface area contributed by atoms with Crippen LogP contribution in [0.2, 0.25) is 0 Å². The summed E-state index contributed by atoms with van der Waals surface area (Å²) in [7, 11) is 2.25. The zero-order chi connectivity index (χ0) is 10.4. The third kappa shape index (κ3) is 3.30. The molecule has 0 radical (unpaired) electrons. The number of hydrogen-bond acceptors (Lipinski definition) is 1. The molecule has 0 aromatic carbocycles. The van der Waals surface area contributed by atoms with E-state index in [0.29, 0.717) is 0 Å². The highest BCUT2D eigenvalue weighted by Crippen LogP contribution is 2.29. The molecule has 1 rings (SSSR count). The zero-order valence-corrected chi connectivity index (χ0v) is 10.3. The van der Waals surface area contributed by atoms with E-state index < -0.39 is 0 Å². The maximum atomic E-state index is 2.49. The van der Waals surface area contributed by atoms with Crippen molar-refractivity contribution in [1.82, 2.24) is 4.90 Å². The summed E-state index contributed by atoms with van der Waals surface area (Å²) < 4.78 is 0. The second-order valence-corrected chi connectivity index (χ2v) is 4.06. The Morgan fingerprint density at radius 2 is 1.77 bits per heavy atom. The van der Waals surface area contributed by atoms with Crippen LogP contribution >= 0.6 is 0 Å². The minimum Gasteiger partial charge on any atom is -0.303 e. The van der Waals surface area contributed by atoms with Crippen molar-refractivity contribution in [1.29, 1.82) is 0 Å².